The van der Waals surface area contributed by atoms with Crippen LogP contribution in [0.5, 0.6) is 0 Å². The van der Waals surface area contributed by atoms with Gasteiger partial charge in [0.15, 0.2) is 11.9 Å². The largest absolute Gasteiger partial charge is 0.349 e. The van der Waals surface area contributed by atoms with Crippen molar-refractivity contribution >= 4 is 27.3 Å². The molecule has 2 nitrogen and oxygen atoms in total. The van der Waals surface area contributed by atoms with Crippen LogP contribution in [0.25, 0.3) is 38.4 Å². The Bertz CT molecular complexity index is 1390. The molecule has 0 saturated carbocycles. The van der Waals surface area contributed by atoms with Crippen molar-refractivity contribution in [2.45, 2.75) is 38.5 Å². The first-order valence-corrected chi connectivity index (χ1v) is 10.6. The van der Waals surface area contributed by atoms with Crippen molar-refractivity contribution in [1.29, 1.82) is 0 Å². The zero-order valence-corrected chi connectivity index (χ0v) is 17.0. The van der Waals surface area contributed by atoms with Gasteiger partial charge >= 0.3 is 0 Å². The maximum Gasteiger partial charge on any atom is 0.235 e. The molecule has 1 aliphatic carbocycles. The van der Waals surface area contributed by atoms with E-state index in [2.05, 4.69) is 96.2 Å². The van der Waals surface area contributed by atoms with Crippen molar-refractivity contribution in [1.82, 2.24) is 4.98 Å². The predicted octanol–water partition coefficient (Wildman–Crippen LogP) is 6.34. The molecule has 0 radical (unpaired) electrons. The lowest BCUT2D eigenvalue weighted by atomic mass is 9.73. The zero-order chi connectivity index (χ0) is 19.6. The van der Waals surface area contributed by atoms with Crippen LogP contribution in [0.4, 0.5) is 0 Å². The molecule has 2 aromatic carbocycles. The second-order valence-electron chi connectivity index (χ2n) is 9.02. The minimum absolute atomic E-state index is 0.154. The van der Waals surface area contributed by atoms with E-state index in [9.17, 15) is 0 Å². The van der Waals surface area contributed by atoms with E-state index in [0.29, 0.717) is 0 Å². The first-order valence-electron chi connectivity index (χ1n) is 10.6. The molecule has 0 spiro atoms. The molecule has 3 aromatic heterocycles. The molecule has 0 bridgehead atoms. The van der Waals surface area contributed by atoms with Crippen molar-refractivity contribution in [2.75, 3.05) is 0 Å². The lowest BCUT2D eigenvalue weighted by Crippen LogP contribution is -2.40. The lowest BCUT2D eigenvalue weighted by molar-refractivity contribution is -0.527. The first kappa shape index (κ1) is 16.8. The zero-order valence-electron chi connectivity index (χ0n) is 17.0. The quantitative estimate of drug-likeness (QED) is 0.329. The topological polar surface area (TPSA) is 19.9 Å². The highest BCUT2D eigenvalue weighted by Gasteiger charge is 2.38. The minimum atomic E-state index is 0.154. The number of fused-ring (bicyclic) bond motifs is 7. The van der Waals surface area contributed by atoms with Crippen molar-refractivity contribution in [3.8, 4) is 11.1 Å². The van der Waals surface area contributed by atoms with Crippen molar-refractivity contribution in [2.24, 2.45) is 0 Å². The molecule has 1 aliphatic rings. The number of rotatable bonds is 1. The Kier molecular flexibility index (Phi) is 3.44. The average Bonchev–Trinajstić information content (AvgIpc) is 3.12. The Morgan fingerprint density at radius 2 is 1.69 bits per heavy atom. The SMILES string of the molecule is CC1(C)CCCc2c(-c3ccccc3)cc3c4[nH]c5ccccc5c4cc[n+]3c21. The second kappa shape index (κ2) is 5.93. The Morgan fingerprint density at radius 1 is 0.897 bits per heavy atom. The molecule has 0 aliphatic heterocycles. The summed E-state index contributed by atoms with van der Waals surface area (Å²) in [6, 6.07) is 24.2. The van der Waals surface area contributed by atoms with Crippen molar-refractivity contribution in [3.05, 3.63) is 84.2 Å². The first-order chi connectivity index (χ1) is 14.1. The molecule has 142 valence electrons. The van der Waals surface area contributed by atoms with Gasteiger partial charge in [0.2, 0.25) is 5.52 Å². The van der Waals surface area contributed by atoms with E-state index >= 15 is 0 Å². The molecule has 2 heteroatoms. The normalized spacial score (nSPS) is 15.8. The van der Waals surface area contributed by atoms with E-state index in [1.165, 1.54) is 62.5 Å². The highest BCUT2D eigenvalue weighted by Crippen LogP contribution is 2.40. The molecule has 0 atom stereocenters. The van der Waals surface area contributed by atoms with E-state index in [1.54, 1.807) is 0 Å². The van der Waals surface area contributed by atoms with E-state index < -0.39 is 0 Å². The van der Waals surface area contributed by atoms with Crippen LogP contribution in [0.2, 0.25) is 0 Å². The van der Waals surface area contributed by atoms with E-state index in [4.69, 9.17) is 0 Å². The number of H-pyrrole nitrogens is 1. The van der Waals surface area contributed by atoms with Crippen LogP contribution < -0.4 is 4.40 Å². The molecule has 0 amide bonds. The summed E-state index contributed by atoms with van der Waals surface area (Å²) in [5, 5.41) is 2.59. The molecule has 6 rings (SSSR count). The maximum absolute atomic E-state index is 3.71. The van der Waals surface area contributed by atoms with Gasteiger partial charge in [0.25, 0.3) is 0 Å². The molecular formula is C27H25N2+. The number of aromatic amines is 1. The summed E-state index contributed by atoms with van der Waals surface area (Å²) < 4.78 is 2.46. The van der Waals surface area contributed by atoms with E-state index in [0.717, 1.165) is 6.42 Å². The molecule has 0 fully saturated rings. The maximum atomic E-state index is 3.71. The van der Waals surface area contributed by atoms with E-state index in [1.807, 2.05) is 0 Å². The van der Waals surface area contributed by atoms with Crippen LogP contribution >= 0.6 is 0 Å². The third-order valence-corrected chi connectivity index (χ3v) is 6.74. The van der Waals surface area contributed by atoms with Gasteiger partial charge in [-0.2, -0.15) is 4.40 Å². The van der Waals surface area contributed by atoms with Crippen LogP contribution in [-0.2, 0) is 11.8 Å². The Morgan fingerprint density at radius 3 is 2.55 bits per heavy atom. The van der Waals surface area contributed by atoms with Crippen molar-refractivity contribution in [3.63, 3.8) is 0 Å². The fourth-order valence-corrected chi connectivity index (χ4v) is 5.41. The van der Waals surface area contributed by atoms with Crippen LogP contribution in [0, 0.1) is 0 Å². The molecule has 0 saturated heterocycles. The summed E-state index contributed by atoms with van der Waals surface area (Å²) in [6.07, 6.45) is 5.92. The van der Waals surface area contributed by atoms with Crippen LogP contribution in [0.1, 0.15) is 37.9 Å². The number of para-hydroxylation sites is 1. The third kappa shape index (κ3) is 2.38. The highest BCUT2D eigenvalue weighted by atomic mass is 14.9. The van der Waals surface area contributed by atoms with Gasteiger partial charge in [-0.1, -0.05) is 48.5 Å². The second-order valence-corrected chi connectivity index (χ2v) is 9.02. The number of pyridine rings is 2. The molecule has 5 aromatic rings. The van der Waals surface area contributed by atoms with Crippen LogP contribution in [0.15, 0.2) is 72.9 Å². The van der Waals surface area contributed by atoms with Gasteiger partial charge in [-0.05, 0) is 50.3 Å². The number of nitrogens with one attached hydrogen (secondary N) is 1. The van der Waals surface area contributed by atoms with Crippen LogP contribution in [0.3, 0.4) is 0 Å². The minimum Gasteiger partial charge on any atom is -0.349 e. The number of nitrogens with zero attached hydrogens (tertiary/aromatic N) is 1. The van der Waals surface area contributed by atoms with Gasteiger partial charge < -0.3 is 4.98 Å². The number of benzene rings is 2. The van der Waals surface area contributed by atoms with Crippen LogP contribution in [-0.4, -0.2) is 4.98 Å². The third-order valence-electron chi connectivity index (χ3n) is 6.74. The Labute approximate surface area is 170 Å². The predicted molar refractivity (Wildman–Crippen MR) is 120 cm³/mol. The van der Waals surface area contributed by atoms with Gasteiger partial charge in [0.1, 0.15) is 5.52 Å². The molecule has 1 N–H and O–H groups in total. The Hall–Kier alpha value is -3.13. The highest BCUT2D eigenvalue weighted by molar-refractivity contribution is 6.11. The van der Waals surface area contributed by atoms with Gasteiger partial charge in [0, 0.05) is 34.0 Å². The fraction of sp³-hybridized carbons (Fsp3) is 0.222. The van der Waals surface area contributed by atoms with Gasteiger partial charge in [-0.25, -0.2) is 0 Å². The van der Waals surface area contributed by atoms with E-state index in [-0.39, 0.29) is 5.41 Å². The fourth-order valence-electron chi connectivity index (χ4n) is 5.41. The molecule has 29 heavy (non-hydrogen) atoms. The number of hydrogen-bond acceptors (Lipinski definition) is 0. The van der Waals surface area contributed by atoms with Gasteiger partial charge in [-0.15, -0.1) is 0 Å². The summed E-state index contributed by atoms with van der Waals surface area (Å²) in [4.78, 5) is 3.71. The summed E-state index contributed by atoms with van der Waals surface area (Å²) in [7, 11) is 0. The number of aromatic nitrogens is 2. The molecule has 0 unspecified atom stereocenters. The standard InChI is InChI=1S/C27H24N2/c1-27(2)15-8-12-21-22(18-9-4-3-5-10-18)17-24-25-20(14-16-29(24)26(21)27)19-11-6-7-13-23(19)28-25/h3-7,9-11,13-14,16-17H,8,12,15H2,1-2H3/p+1. The average molecular weight is 378 g/mol. The van der Waals surface area contributed by atoms with Gasteiger partial charge in [-0.3, -0.25) is 0 Å². The Balaban J connectivity index is 1.81. The summed E-state index contributed by atoms with van der Waals surface area (Å²) in [5.41, 5.74) is 9.55. The summed E-state index contributed by atoms with van der Waals surface area (Å²) >= 11 is 0. The summed E-state index contributed by atoms with van der Waals surface area (Å²) in [5.74, 6) is 0. The lowest BCUT2D eigenvalue weighted by Gasteiger charge is -2.29. The molecular weight excluding hydrogens is 352 g/mol. The smallest absolute Gasteiger partial charge is 0.235 e. The monoisotopic (exact) mass is 377 g/mol. The number of hydrogen-bond donors (Lipinski definition) is 1. The van der Waals surface area contributed by atoms with Gasteiger partial charge in [0.05, 0.1) is 5.41 Å². The van der Waals surface area contributed by atoms with Crippen molar-refractivity contribution < 1.29 is 4.40 Å². The molecule has 3 heterocycles. The summed E-state index contributed by atoms with van der Waals surface area (Å²) in [6.45, 7) is 4.81.